The fraction of sp³-hybridized carbons (Fsp3) is 0.412. The van der Waals surface area contributed by atoms with Crippen LogP contribution in [0.1, 0.15) is 37.7 Å². The van der Waals surface area contributed by atoms with Gasteiger partial charge in [0.25, 0.3) is 0 Å². The number of carbonyl (C=O) groups is 2. The number of benzene rings is 1. The van der Waals surface area contributed by atoms with E-state index in [2.05, 4.69) is 17.5 Å². The molecule has 110 valence electrons. The van der Waals surface area contributed by atoms with E-state index >= 15 is 0 Å². The average Bonchev–Trinajstić information content (AvgIpc) is 3.31. The number of allylic oxidation sites excluding steroid dienone is 2. The molecule has 3 rings (SSSR count). The molecule has 1 unspecified atom stereocenters. The molecule has 0 heterocycles. The number of carboxylic acid groups (broad SMARTS) is 1. The van der Waals surface area contributed by atoms with Gasteiger partial charge in [0.15, 0.2) is 0 Å². The average molecular weight is 285 g/mol. The van der Waals surface area contributed by atoms with E-state index in [1.165, 1.54) is 0 Å². The van der Waals surface area contributed by atoms with Gasteiger partial charge in [-0.2, -0.15) is 0 Å². The lowest BCUT2D eigenvalue weighted by Gasteiger charge is -2.17. The van der Waals surface area contributed by atoms with Crippen LogP contribution in [0.4, 0.5) is 5.69 Å². The number of carboxylic acids is 1. The van der Waals surface area contributed by atoms with E-state index in [-0.39, 0.29) is 11.8 Å². The molecule has 2 aliphatic rings. The monoisotopic (exact) mass is 285 g/mol. The summed E-state index contributed by atoms with van der Waals surface area (Å²) in [4.78, 5) is 23.4. The molecular weight excluding hydrogens is 266 g/mol. The molecule has 0 aliphatic heterocycles. The van der Waals surface area contributed by atoms with Gasteiger partial charge in [0.05, 0.1) is 5.41 Å². The fourth-order valence-electron chi connectivity index (χ4n) is 2.90. The highest BCUT2D eigenvalue weighted by molar-refractivity contribution is 5.93. The first-order valence-corrected chi connectivity index (χ1v) is 7.42. The van der Waals surface area contributed by atoms with Crippen LogP contribution < -0.4 is 5.32 Å². The number of aliphatic carboxylic acids is 1. The van der Waals surface area contributed by atoms with Gasteiger partial charge in [-0.25, -0.2) is 0 Å². The maximum Gasteiger partial charge on any atom is 0.314 e. The van der Waals surface area contributed by atoms with Gasteiger partial charge in [0, 0.05) is 11.6 Å². The maximum absolute atomic E-state index is 12.1. The number of carbonyl (C=O) groups excluding carboxylic acids is 1. The zero-order chi connectivity index (χ0) is 14.9. The van der Waals surface area contributed by atoms with Crippen molar-refractivity contribution in [1.82, 2.24) is 0 Å². The zero-order valence-corrected chi connectivity index (χ0v) is 11.8. The molecule has 1 aromatic carbocycles. The predicted octanol–water partition coefficient (Wildman–Crippen LogP) is 3.10. The number of rotatable bonds is 4. The summed E-state index contributed by atoms with van der Waals surface area (Å²) in [5, 5.41) is 12.2. The topological polar surface area (TPSA) is 66.4 Å². The van der Waals surface area contributed by atoms with Gasteiger partial charge >= 0.3 is 5.97 Å². The molecule has 1 aromatic rings. The Kier molecular flexibility index (Phi) is 3.53. The van der Waals surface area contributed by atoms with Gasteiger partial charge in [-0.15, -0.1) is 0 Å². The van der Waals surface area contributed by atoms with Crippen molar-refractivity contribution >= 4 is 17.6 Å². The van der Waals surface area contributed by atoms with Crippen LogP contribution in [0.25, 0.3) is 0 Å². The third-order valence-corrected chi connectivity index (χ3v) is 4.50. The molecule has 0 spiro atoms. The number of nitrogens with one attached hydrogen (secondary N) is 1. The van der Waals surface area contributed by atoms with Crippen LogP contribution in [-0.4, -0.2) is 17.0 Å². The van der Waals surface area contributed by atoms with Crippen molar-refractivity contribution in [3.8, 4) is 0 Å². The summed E-state index contributed by atoms with van der Waals surface area (Å²) < 4.78 is 0. The number of anilines is 1. The van der Waals surface area contributed by atoms with Crippen LogP contribution in [-0.2, 0) is 15.0 Å². The summed E-state index contributed by atoms with van der Waals surface area (Å²) in [6, 6.07) is 7.23. The number of hydrogen-bond donors (Lipinski definition) is 2. The van der Waals surface area contributed by atoms with Crippen LogP contribution in [0, 0.1) is 5.92 Å². The summed E-state index contributed by atoms with van der Waals surface area (Å²) in [6.45, 7) is 0. The van der Waals surface area contributed by atoms with Gasteiger partial charge in [-0.1, -0.05) is 24.3 Å². The van der Waals surface area contributed by atoms with Gasteiger partial charge in [0.1, 0.15) is 0 Å². The molecule has 0 bridgehead atoms. The SMILES string of the molecule is O=C(Nc1ccc(C2(C(=O)O)CC2)cc1)C1CC=CCC1. The van der Waals surface area contributed by atoms with Crippen LogP contribution in [0.15, 0.2) is 36.4 Å². The molecule has 0 aromatic heterocycles. The van der Waals surface area contributed by atoms with Crippen molar-refractivity contribution < 1.29 is 14.7 Å². The van der Waals surface area contributed by atoms with Crippen molar-refractivity contribution in [1.29, 1.82) is 0 Å². The Bertz CT molecular complexity index is 585. The van der Waals surface area contributed by atoms with E-state index in [0.29, 0.717) is 12.8 Å². The molecule has 21 heavy (non-hydrogen) atoms. The van der Waals surface area contributed by atoms with Crippen molar-refractivity contribution in [2.24, 2.45) is 5.92 Å². The highest BCUT2D eigenvalue weighted by Gasteiger charge is 2.51. The molecule has 0 saturated heterocycles. The van der Waals surface area contributed by atoms with Crippen molar-refractivity contribution in [3.63, 3.8) is 0 Å². The Morgan fingerprint density at radius 1 is 1.14 bits per heavy atom. The highest BCUT2D eigenvalue weighted by Crippen LogP contribution is 2.48. The summed E-state index contributed by atoms with van der Waals surface area (Å²) >= 11 is 0. The first kappa shape index (κ1) is 13.9. The minimum Gasteiger partial charge on any atom is -0.481 e. The normalized spacial score (nSPS) is 22.6. The predicted molar refractivity (Wildman–Crippen MR) is 80.1 cm³/mol. The van der Waals surface area contributed by atoms with Crippen molar-refractivity contribution in [2.45, 2.75) is 37.5 Å². The lowest BCUT2D eigenvalue weighted by molar-refractivity contribution is -0.140. The molecule has 2 aliphatic carbocycles. The first-order valence-electron chi connectivity index (χ1n) is 7.42. The largest absolute Gasteiger partial charge is 0.481 e. The van der Waals surface area contributed by atoms with E-state index in [4.69, 9.17) is 0 Å². The van der Waals surface area contributed by atoms with E-state index in [1.807, 2.05) is 12.1 Å². The van der Waals surface area contributed by atoms with Crippen LogP contribution in [0.2, 0.25) is 0 Å². The summed E-state index contributed by atoms with van der Waals surface area (Å²) in [5.41, 5.74) is 0.879. The Labute approximate surface area is 123 Å². The second-order valence-corrected chi connectivity index (χ2v) is 5.94. The van der Waals surface area contributed by atoms with E-state index in [9.17, 15) is 14.7 Å². The van der Waals surface area contributed by atoms with Crippen LogP contribution >= 0.6 is 0 Å². The van der Waals surface area contributed by atoms with E-state index in [0.717, 1.165) is 30.5 Å². The van der Waals surface area contributed by atoms with E-state index in [1.54, 1.807) is 12.1 Å². The Morgan fingerprint density at radius 3 is 2.38 bits per heavy atom. The van der Waals surface area contributed by atoms with Gasteiger partial charge < -0.3 is 10.4 Å². The van der Waals surface area contributed by atoms with Gasteiger partial charge in [0.2, 0.25) is 5.91 Å². The maximum atomic E-state index is 12.1. The molecule has 1 atom stereocenters. The van der Waals surface area contributed by atoms with Gasteiger partial charge in [-0.3, -0.25) is 9.59 Å². The number of hydrogen-bond acceptors (Lipinski definition) is 2. The molecule has 1 amide bonds. The quantitative estimate of drug-likeness (QED) is 0.835. The van der Waals surface area contributed by atoms with Crippen molar-refractivity contribution in [3.05, 3.63) is 42.0 Å². The molecule has 2 N–H and O–H groups in total. The van der Waals surface area contributed by atoms with Crippen molar-refractivity contribution in [2.75, 3.05) is 5.32 Å². The number of amides is 1. The Morgan fingerprint density at radius 2 is 1.86 bits per heavy atom. The van der Waals surface area contributed by atoms with Crippen LogP contribution in [0.3, 0.4) is 0 Å². The molecule has 1 saturated carbocycles. The minimum atomic E-state index is -0.756. The third-order valence-electron chi connectivity index (χ3n) is 4.50. The second-order valence-electron chi connectivity index (χ2n) is 5.94. The lowest BCUT2D eigenvalue weighted by atomic mass is 9.93. The second kappa shape index (κ2) is 5.35. The highest BCUT2D eigenvalue weighted by atomic mass is 16.4. The smallest absolute Gasteiger partial charge is 0.314 e. The summed E-state index contributed by atoms with van der Waals surface area (Å²) in [7, 11) is 0. The molecular formula is C17H19NO3. The Balaban J connectivity index is 1.66. The van der Waals surface area contributed by atoms with Crippen LogP contribution in [0.5, 0.6) is 0 Å². The standard InChI is InChI=1S/C17H19NO3/c19-15(12-4-2-1-3-5-12)18-14-8-6-13(7-9-14)17(10-11-17)16(20)21/h1-2,6-9,12H,3-5,10-11H2,(H,18,19)(H,20,21). The third kappa shape index (κ3) is 2.71. The summed E-state index contributed by atoms with van der Waals surface area (Å²) in [6.07, 6.45) is 8.21. The zero-order valence-electron chi connectivity index (χ0n) is 11.8. The fourth-order valence-corrected chi connectivity index (χ4v) is 2.90. The van der Waals surface area contributed by atoms with Gasteiger partial charge in [-0.05, 0) is 49.8 Å². The van der Waals surface area contributed by atoms with E-state index < -0.39 is 11.4 Å². The molecule has 0 radical (unpaired) electrons. The molecule has 1 fully saturated rings. The Hall–Kier alpha value is -2.10. The minimum absolute atomic E-state index is 0.0449. The lowest BCUT2D eigenvalue weighted by Crippen LogP contribution is -2.23. The molecule has 4 heteroatoms. The first-order chi connectivity index (χ1) is 10.1. The molecule has 4 nitrogen and oxygen atoms in total. The summed E-state index contributed by atoms with van der Waals surface area (Å²) in [5.74, 6) is -0.664.